The molecule has 122 valence electrons. The minimum Gasteiger partial charge on any atom is -0.444 e. The Hall–Kier alpha value is -1.64. The first kappa shape index (κ1) is 22.4. The number of rotatable bonds is 3. The first-order valence-electron chi connectivity index (χ1n) is 5.48. The maximum Gasteiger partial charge on any atom is 1.00 e. The smallest absolute Gasteiger partial charge is 0.444 e. The monoisotopic (exact) mass is 387 g/mol. The number of nitrogens with two attached hydrogens (primary N) is 1. The second kappa shape index (κ2) is 10.3. The zero-order valence-electron chi connectivity index (χ0n) is 11.9. The van der Waals surface area contributed by atoms with Gasteiger partial charge < -0.3 is 20.6 Å². The van der Waals surface area contributed by atoms with Gasteiger partial charge in [-0.25, -0.2) is 4.68 Å². The maximum absolute atomic E-state index is 12.1. The van der Waals surface area contributed by atoms with E-state index in [1.54, 1.807) is 0 Å². The van der Waals surface area contributed by atoms with Crippen molar-refractivity contribution in [3.8, 4) is 17.5 Å². The van der Waals surface area contributed by atoms with Crippen molar-refractivity contribution in [1.29, 1.82) is 5.26 Å². The largest absolute Gasteiger partial charge is 1.00 e. The van der Waals surface area contributed by atoms with Crippen molar-refractivity contribution in [3.05, 3.63) is 44.1 Å². The number of halogens is 4. The Morgan fingerprint density at radius 3 is 2.25 bits per heavy atom. The molecule has 0 saturated heterocycles. The van der Waals surface area contributed by atoms with Crippen molar-refractivity contribution in [2.75, 3.05) is 5.73 Å². The van der Waals surface area contributed by atoms with Crippen LogP contribution in [0.2, 0.25) is 10.0 Å². The van der Waals surface area contributed by atoms with E-state index in [4.69, 9.17) is 44.3 Å². The van der Waals surface area contributed by atoms with Gasteiger partial charge in [0.05, 0.1) is 10.0 Å². The van der Waals surface area contributed by atoms with E-state index in [0.29, 0.717) is 0 Å². The number of nitrogens with zero attached hydrogens (tertiary/aromatic N) is 4. The van der Waals surface area contributed by atoms with Crippen LogP contribution in [-0.4, -0.2) is 16.4 Å². The average molecular weight is 388 g/mol. The number of alkyl halides is 2. The molecule has 24 heavy (non-hydrogen) atoms. The van der Waals surface area contributed by atoms with Gasteiger partial charge in [-0.15, -0.1) is 5.34 Å². The average Bonchev–Trinajstić information content (AvgIpc) is 2.79. The Morgan fingerprint density at radius 1 is 1.38 bits per heavy atom. The molecule has 0 aliphatic carbocycles. The van der Waals surface area contributed by atoms with E-state index in [-0.39, 0.29) is 62.6 Å². The predicted molar refractivity (Wildman–Crippen MR) is 78.5 cm³/mol. The molecular formula is C11H6Cl2F2N5NaO3. The number of aromatic nitrogens is 2. The van der Waals surface area contributed by atoms with Crippen LogP contribution >= 0.6 is 23.2 Å². The van der Waals surface area contributed by atoms with Gasteiger partial charge in [-0.1, -0.05) is 23.2 Å². The number of nitrogen functional groups attached to an aromatic ring is 1. The molecular weight excluding hydrogens is 382 g/mol. The molecule has 2 rings (SSSR count). The summed E-state index contributed by atoms with van der Waals surface area (Å²) in [7, 11) is 0. The Kier molecular flexibility index (Phi) is 9.57. The first-order chi connectivity index (χ1) is 10.8. The SMILES string of the molecule is N#Cc1cc(N)n(-c2c(Cl)cc(OC(F)F)cc2Cl)n1.O=N[O-].[Na+]. The van der Waals surface area contributed by atoms with Crippen LogP contribution < -0.4 is 40.0 Å². The molecule has 2 N–H and O–H groups in total. The number of hydrogen-bond acceptors (Lipinski definition) is 7. The van der Waals surface area contributed by atoms with E-state index in [1.807, 2.05) is 6.07 Å². The van der Waals surface area contributed by atoms with E-state index in [0.717, 1.165) is 22.2 Å². The summed E-state index contributed by atoms with van der Waals surface area (Å²) >= 11 is 11.9. The number of hydrogen-bond donors (Lipinski definition) is 1. The van der Waals surface area contributed by atoms with E-state index >= 15 is 0 Å². The topological polar surface area (TPSA) is 129 Å². The number of ether oxygens (including phenoxy) is 1. The van der Waals surface area contributed by atoms with Crippen LogP contribution in [0.3, 0.4) is 0 Å². The minimum atomic E-state index is -2.99. The quantitative estimate of drug-likeness (QED) is 0.463. The first-order valence-corrected chi connectivity index (χ1v) is 6.24. The summed E-state index contributed by atoms with van der Waals surface area (Å²) in [5, 5.41) is 21.7. The summed E-state index contributed by atoms with van der Waals surface area (Å²) in [4.78, 5) is 8.00. The van der Waals surface area contributed by atoms with E-state index in [9.17, 15) is 8.78 Å². The van der Waals surface area contributed by atoms with Crippen molar-refractivity contribution < 1.29 is 43.1 Å². The van der Waals surface area contributed by atoms with Gasteiger partial charge in [-0.05, 0) is 0 Å². The summed E-state index contributed by atoms with van der Waals surface area (Å²) in [5.41, 5.74) is 5.93. The molecule has 0 unspecified atom stereocenters. The molecule has 0 aliphatic rings. The normalized spacial score (nSPS) is 9.33. The Morgan fingerprint density at radius 2 is 1.88 bits per heavy atom. The zero-order valence-corrected chi connectivity index (χ0v) is 15.4. The Labute approximate surface area is 165 Å². The zero-order chi connectivity index (χ0) is 17.6. The third kappa shape index (κ3) is 5.77. The van der Waals surface area contributed by atoms with Crippen LogP contribution in [0, 0.1) is 21.4 Å². The van der Waals surface area contributed by atoms with Gasteiger partial charge in [0.2, 0.25) is 0 Å². The van der Waals surface area contributed by atoms with Crippen LogP contribution in [0.4, 0.5) is 14.6 Å². The van der Waals surface area contributed by atoms with Gasteiger partial charge in [-0.3, -0.25) is 0 Å². The summed E-state index contributed by atoms with van der Waals surface area (Å²) in [6.07, 6.45) is 0. The predicted octanol–water partition coefficient (Wildman–Crippen LogP) is 0.489. The molecule has 0 spiro atoms. The molecule has 1 aromatic heterocycles. The van der Waals surface area contributed by atoms with Gasteiger partial charge in [-0.2, -0.15) is 19.1 Å². The van der Waals surface area contributed by atoms with Gasteiger partial charge in [0.25, 0.3) is 0 Å². The fourth-order valence-electron chi connectivity index (χ4n) is 1.54. The second-order valence-electron chi connectivity index (χ2n) is 3.67. The Bertz CT molecular complexity index is 731. The second-order valence-corrected chi connectivity index (χ2v) is 4.48. The van der Waals surface area contributed by atoms with Crippen molar-refractivity contribution >= 4 is 29.0 Å². The fraction of sp³-hybridized carbons (Fsp3) is 0.0909. The maximum atomic E-state index is 12.1. The van der Waals surface area contributed by atoms with Gasteiger partial charge in [0.15, 0.2) is 5.69 Å². The van der Waals surface area contributed by atoms with Gasteiger partial charge >= 0.3 is 36.2 Å². The molecule has 0 fully saturated rings. The van der Waals surface area contributed by atoms with Crippen LogP contribution in [0.15, 0.2) is 23.5 Å². The van der Waals surface area contributed by atoms with Crippen LogP contribution in [0.5, 0.6) is 5.75 Å². The van der Waals surface area contributed by atoms with E-state index in [2.05, 4.69) is 9.84 Å². The molecule has 13 heteroatoms. The molecule has 0 bridgehead atoms. The van der Waals surface area contributed by atoms with Crippen molar-refractivity contribution in [2.45, 2.75) is 6.61 Å². The van der Waals surface area contributed by atoms with Crippen molar-refractivity contribution in [3.63, 3.8) is 0 Å². The number of benzene rings is 1. The number of nitriles is 1. The molecule has 1 aromatic carbocycles. The fourth-order valence-corrected chi connectivity index (χ4v) is 2.17. The standard InChI is InChI=1S/C11H6Cl2F2N4O.HNO2.Na/c12-7-2-6(20-11(14)15)3-8(13)10(7)19-9(17)1-5(4-16)18-19;2-1-3;/h1-3,11H,17H2;(H,2,3);/q;;+1/p-1. The molecule has 0 amide bonds. The summed E-state index contributed by atoms with van der Waals surface area (Å²) in [6, 6.07) is 5.45. The van der Waals surface area contributed by atoms with Gasteiger partial charge in [0.1, 0.15) is 23.3 Å². The summed E-state index contributed by atoms with van der Waals surface area (Å²) < 4.78 is 29.6. The van der Waals surface area contributed by atoms with Crippen LogP contribution in [0.25, 0.3) is 5.69 Å². The molecule has 0 atom stereocenters. The molecule has 2 aromatic rings. The third-order valence-electron chi connectivity index (χ3n) is 2.28. The minimum absolute atomic E-state index is 0. The van der Waals surface area contributed by atoms with Gasteiger partial charge in [0, 0.05) is 18.2 Å². The van der Waals surface area contributed by atoms with Crippen molar-refractivity contribution in [1.82, 2.24) is 9.78 Å². The number of anilines is 1. The van der Waals surface area contributed by atoms with Crippen LogP contribution in [-0.2, 0) is 0 Å². The summed E-state index contributed by atoms with van der Waals surface area (Å²) in [5.74, 6) is -0.0575. The molecule has 0 radical (unpaired) electrons. The molecule has 1 heterocycles. The van der Waals surface area contributed by atoms with E-state index < -0.39 is 6.61 Å². The van der Waals surface area contributed by atoms with Crippen LogP contribution in [0.1, 0.15) is 5.69 Å². The molecule has 8 nitrogen and oxygen atoms in total. The summed E-state index contributed by atoms with van der Waals surface area (Å²) in [6.45, 7) is -2.99. The van der Waals surface area contributed by atoms with Crippen molar-refractivity contribution in [2.24, 2.45) is 5.34 Å². The third-order valence-corrected chi connectivity index (χ3v) is 2.86. The molecule has 0 saturated carbocycles. The Balaban J connectivity index is 0.00000123. The van der Waals surface area contributed by atoms with E-state index in [1.165, 1.54) is 6.07 Å². The molecule has 0 aliphatic heterocycles.